The number of hydrogen-bond acceptors (Lipinski definition) is 3. The lowest BCUT2D eigenvalue weighted by Crippen LogP contribution is -2.18. The molecule has 0 saturated heterocycles. The van der Waals surface area contributed by atoms with Crippen molar-refractivity contribution in [3.8, 4) is 0 Å². The minimum absolute atomic E-state index is 0.0447. The number of carboxylic acid groups (broad SMARTS) is 1. The molecule has 0 rings (SSSR count). The zero-order chi connectivity index (χ0) is 30.1. The van der Waals surface area contributed by atoms with Gasteiger partial charge in [-0.3, -0.25) is 9.59 Å². The number of carboxylic acids is 1. The lowest BCUT2D eigenvalue weighted by molar-refractivity contribution is -0.150. The van der Waals surface area contributed by atoms with Crippen LogP contribution >= 0.6 is 0 Å². The molecule has 0 amide bonds. The van der Waals surface area contributed by atoms with E-state index in [9.17, 15) is 9.59 Å². The van der Waals surface area contributed by atoms with Gasteiger partial charge in [0.2, 0.25) is 0 Å². The van der Waals surface area contributed by atoms with Crippen LogP contribution in [0.3, 0.4) is 0 Å². The van der Waals surface area contributed by atoms with Crippen molar-refractivity contribution >= 4 is 11.9 Å². The van der Waals surface area contributed by atoms with Crippen molar-refractivity contribution in [2.75, 3.05) is 0 Å². The van der Waals surface area contributed by atoms with Crippen LogP contribution in [-0.2, 0) is 14.3 Å². The second kappa shape index (κ2) is 32.9. The van der Waals surface area contributed by atoms with E-state index in [1.165, 1.54) is 116 Å². The van der Waals surface area contributed by atoms with Gasteiger partial charge in [0.15, 0.2) is 0 Å². The third-order valence-corrected chi connectivity index (χ3v) is 7.93. The molecule has 1 atom stereocenters. The number of esters is 1. The fraction of sp³-hybridized carbons (Fsp3) is 0.838. The smallest absolute Gasteiger partial charge is 0.306 e. The molecule has 0 aliphatic heterocycles. The maximum absolute atomic E-state index is 12.5. The first-order chi connectivity index (χ1) is 20.1. The monoisotopic (exact) mass is 577 g/mol. The number of carbonyl (C=O) groups is 2. The van der Waals surface area contributed by atoms with Gasteiger partial charge in [0.05, 0.1) is 0 Å². The Hall–Kier alpha value is -1.58. The number of aliphatic carboxylic acids is 1. The van der Waals surface area contributed by atoms with E-state index >= 15 is 0 Å². The van der Waals surface area contributed by atoms with Crippen LogP contribution in [0.15, 0.2) is 24.3 Å². The maximum Gasteiger partial charge on any atom is 0.306 e. The molecular weight excluding hydrogens is 508 g/mol. The van der Waals surface area contributed by atoms with Crippen molar-refractivity contribution in [3.63, 3.8) is 0 Å². The van der Waals surface area contributed by atoms with Crippen LogP contribution < -0.4 is 0 Å². The molecule has 0 radical (unpaired) electrons. The molecule has 41 heavy (non-hydrogen) atoms. The molecule has 0 heterocycles. The summed E-state index contributed by atoms with van der Waals surface area (Å²) in [5.74, 6) is -0.808. The van der Waals surface area contributed by atoms with Gasteiger partial charge in [-0.05, 0) is 70.6 Å². The average Bonchev–Trinajstić information content (AvgIpc) is 2.95. The number of ether oxygens (including phenoxy) is 1. The van der Waals surface area contributed by atoms with Crippen molar-refractivity contribution in [3.05, 3.63) is 24.3 Å². The molecule has 0 saturated carbocycles. The standard InChI is InChI=1S/C37H68O4/c1-3-5-7-9-11-13-14-15-16-17-18-19-20-22-24-26-28-34-37(40)41-35(32-29-30-33-36(38)39)31-27-25-23-21-12-10-8-6-4-2/h11,13,15-16,35H,3-10,12,14,17-34H2,1-2H3,(H,38,39)/b13-11-,16-15-. The molecule has 4 nitrogen and oxygen atoms in total. The largest absolute Gasteiger partial charge is 0.481 e. The number of hydrogen-bond donors (Lipinski definition) is 1. The lowest BCUT2D eigenvalue weighted by Gasteiger charge is -2.18. The van der Waals surface area contributed by atoms with Crippen LogP contribution in [0.25, 0.3) is 0 Å². The molecule has 1 unspecified atom stereocenters. The van der Waals surface area contributed by atoms with E-state index in [-0.39, 0.29) is 18.5 Å². The van der Waals surface area contributed by atoms with Crippen LogP contribution in [-0.4, -0.2) is 23.1 Å². The van der Waals surface area contributed by atoms with Gasteiger partial charge in [-0.15, -0.1) is 0 Å². The minimum Gasteiger partial charge on any atom is -0.481 e. The van der Waals surface area contributed by atoms with E-state index in [0.29, 0.717) is 12.8 Å². The Bertz CT molecular complexity index is 624. The molecule has 0 aliphatic carbocycles. The predicted molar refractivity (Wildman–Crippen MR) is 176 cm³/mol. The van der Waals surface area contributed by atoms with E-state index in [2.05, 4.69) is 38.2 Å². The summed E-state index contributed by atoms with van der Waals surface area (Å²) in [7, 11) is 0. The Morgan fingerprint density at radius 2 is 0.951 bits per heavy atom. The van der Waals surface area contributed by atoms with Crippen molar-refractivity contribution in [1.29, 1.82) is 0 Å². The van der Waals surface area contributed by atoms with E-state index in [4.69, 9.17) is 9.84 Å². The molecule has 240 valence electrons. The van der Waals surface area contributed by atoms with Crippen molar-refractivity contribution in [2.24, 2.45) is 0 Å². The fourth-order valence-corrected chi connectivity index (χ4v) is 5.27. The molecule has 0 aromatic rings. The highest BCUT2D eigenvalue weighted by Crippen LogP contribution is 2.18. The van der Waals surface area contributed by atoms with Crippen LogP contribution in [0.4, 0.5) is 0 Å². The Morgan fingerprint density at radius 3 is 1.51 bits per heavy atom. The summed E-state index contributed by atoms with van der Waals surface area (Å²) in [5.41, 5.74) is 0. The summed E-state index contributed by atoms with van der Waals surface area (Å²) in [4.78, 5) is 23.3. The zero-order valence-electron chi connectivity index (χ0n) is 27.4. The van der Waals surface area contributed by atoms with Gasteiger partial charge < -0.3 is 9.84 Å². The average molecular weight is 577 g/mol. The third-order valence-electron chi connectivity index (χ3n) is 7.93. The number of unbranched alkanes of at least 4 members (excludes halogenated alkanes) is 19. The topological polar surface area (TPSA) is 63.6 Å². The summed E-state index contributed by atoms with van der Waals surface area (Å²) >= 11 is 0. The van der Waals surface area contributed by atoms with Gasteiger partial charge in [0.25, 0.3) is 0 Å². The summed E-state index contributed by atoms with van der Waals surface area (Å²) in [6.45, 7) is 4.50. The number of allylic oxidation sites excluding steroid dienone is 4. The van der Waals surface area contributed by atoms with Crippen molar-refractivity contribution in [1.82, 2.24) is 0 Å². The molecule has 0 fully saturated rings. The van der Waals surface area contributed by atoms with Crippen molar-refractivity contribution in [2.45, 2.75) is 200 Å². The van der Waals surface area contributed by atoms with Gasteiger partial charge in [-0.2, -0.15) is 0 Å². The summed E-state index contributed by atoms with van der Waals surface area (Å²) in [6, 6.07) is 0. The van der Waals surface area contributed by atoms with Gasteiger partial charge in [0, 0.05) is 12.8 Å². The number of carbonyl (C=O) groups excluding carboxylic acids is 1. The van der Waals surface area contributed by atoms with Crippen LogP contribution in [0.1, 0.15) is 194 Å². The van der Waals surface area contributed by atoms with E-state index in [1.54, 1.807) is 0 Å². The van der Waals surface area contributed by atoms with Crippen LogP contribution in [0.5, 0.6) is 0 Å². The van der Waals surface area contributed by atoms with Crippen molar-refractivity contribution < 1.29 is 19.4 Å². The summed E-state index contributed by atoms with van der Waals surface area (Å²) in [5, 5.41) is 8.90. The maximum atomic E-state index is 12.5. The number of rotatable bonds is 32. The molecule has 0 spiro atoms. The first-order valence-corrected chi connectivity index (χ1v) is 17.8. The van der Waals surface area contributed by atoms with Gasteiger partial charge in [-0.25, -0.2) is 0 Å². The van der Waals surface area contributed by atoms with Gasteiger partial charge >= 0.3 is 11.9 Å². The molecule has 4 heteroatoms. The first kappa shape index (κ1) is 39.4. The molecule has 0 aromatic heterocycles. The SMILES string of the molecule is CCCCC/C=C\C/C=C\CCCCCCCCCC(=O)OC(CCCCCCCCCCC)CCCCC(=O)O. The fourth-order valence-electron chi connectivity index (χ4n) is 5.27. The molecule has 0 aliphatic rings. The van der Waals surface area contributed by atoms with E-state index < -0.39 is 5.97 Å². The Kier molecular flexibility index (Phi) is 31.7. The lowest BCUT2D eigenvalue weighted by atomic mass is 10.0. The first-order valence-electron chi connectivity index (χ1n) is 17.8. The molecular formula is C37H68O4. The van der Waals surface area contributed by atoms with Gasteiger partial charge in [-0.1, -0.05) is 134 Å². The predicted octanol–water partition coefficient (Wildman–Crippen LogP) is 12.1. The summed E-state index contributed by atoms with van der Waals surface area (Å²) in [6.07, 6.45) is 40.4. The Labute approximate surface area is 255 Å². The highest BCUT2D eigenvalue weighted by Gasteiger charge is 2.14. The quantitative estimate of drug-likeness (QED) is 0.0491. The zero-order valence-corrected chi connectivity index (χ0v) is 27.4. The second-order valence-corrected chi connectivity index (χ2v) is 12.1. The molecule has 0 bridgehead atoms. The van der Waals surface area contributed by atoms with E-state index in [1.807, 2.05) is 0 Å². The Balaban J connectivity index is 3.86. The van der Waals surface area contributed by atoms with Crippen LogP contribution in [0.2, 0.25) is 0 Å². The van der Waals surface area contributed by atoms with Gasteiger partial charge in [0.1, 0.15) is 6.10 Å². The summed E-state index contributed by atoms with van der Waals surface area (Å²) < 4.78 is 5.86. The van der Waals surface area contributed by atoms with E-state index in [0.717, 1.165) is 44.9 Å². The second-order valence-electron chi connectivity index (χ2n) is 12.1. The van der Waals surface area contributed by atoms with Crippen LogP contribution in [0, 0.1) is 0 Å². The highest BCUT2D eigenvalue weighted by molar-refractivity contribution is 5.69. The minimum atomic E-state index is -0.745. The normalized spacial score (nSPS) is 12.4. The Morgan fingerprint density at radius 1 is 0.537 bits per heavy atom. The molecule has 1 N–H and O–H groups in total. The third kappa shape index (κ3) is 32.8. The highest BCUT2D eigenvalue weighted by atomic mass is 16.5. The molecule has 0 aromatic carbocycles.